The second-order valence-electron chi connectivity index (χ2n) is 5.05. The van der Waals surface area contributed by atoms with Crippen molar-refractivity contribution >= 4 is 5.97 Å². The summed E-state index contributed by atoms with van der Waals surface area (Å²) in [6, 6.07) is 10.2. The first kappa shape index (κ1) is 16.8. The number of ether oxygens (including phenoxy) is 2. The number of nitrogens with two attached hydrogens (primary N) is 1. The molecular formula is C17H18FNO4. The van der Waals surface area contributed by atoms with Crippen LogP contribution in [-0.2, 0) is 17.8 Å². The molecule has 1 atom stereocenters. The van der Waals surface area contributed by atoms with Gasteiger partial charge in [0.25, 0.3) is 0 Å². The van der Waals surface area contributed by atoms with Gasteiger partial charge in [0.2, 0.25) is 0 Å². The quantitative estimate of drug-likeness (QED) is 0.819. The number of carbonyl (C=O) groups is 1. The molecule has 0 spiro atoms. The molecule has 0 saturated heterocycles. The van der Waals surface area contributed by atoms with E-state index < -0.39 is 12.0 Å². The largest absolute Gasteiger partial charge is 0.493 e. The predicted octanol–water partition coefficient (Wildman–Crippen LogP) is 2.37. The van der Waals surface area contributed by atoms with Crippen molar-refractivity contribution in [1.29, 1.82) is 0 Å². The Bertz CT molecular complexity index is 673. The summed E-state index contributed by atoms with van der Waals surface area (Å²) in [6.45, 7) is 0.268. The summed E-state index contributed by atoms with van der Waals surface area (Å²) in [5.74, 6) is -0.349. The van der Waals surface area contributed by atoms with Gasteiger partial charge in [-0.25, -0.2) is 4.39 Å². The highest BCUT2D eigenvalue weighted by molar-refractivity contribution is 5.73. The van der Waals surface area contributed by atoms with Gasteiger partial charge in [0.15, 0.2) is 11.5 Å². The molecular weight excluding hydrogens is 301 g/mol. The zero-order chi connectivity index (χ0) is 16.8. The van der Waals surface area contributed by atoms with Crippen LogP contribution in [0, 0.1) is 5.82 Å². The first-order valence-electron chi connectivity index (χ1n) is 7.02. The highest BCUT2D eigenvalue weighted by Crippen LogP contribution is 2.29. The Kier molecular flexibility index (Phi) is 5.54. The number of hydrogen-bond donors (Lipinski definition) is 2. The van der Waals surface area contributed by atoms with Gasteiger partial charge in [-0.15, -0.1) is 0 Å². The van der Waals surface area contributed by atoms with Gasteiger partial charge in [-0.1, -0.05) is 18.2 Å². The Morgan fingerprint density at radius 3 is 2.43 bits per heavy atom. The van der Waals surface area contributed by atoms with Crippen LogP contribution in [0.2, 0.25) is 0 Å². The molecule has 2 aromatic carbocycles. The maximum Gasteiger partial charge on any atom is 0.320 e. The maximum absolute atomic E-state index is 12.9. The van der Waals surface area contributed by atoms with Crippen LogP contribution in [0.25, 0.3) is 0 Å². The molecule has 6 heteroatoms. The number of hydrogen-bond acceptors (Lipinski definition) is 4. The first-order chi connectivity index (χ1) is 11.0. The highest BCUT2D eigenvalue weighted by Gasteiger charge is 2.14. The van der Waals surface area contributed by atoms with E-state index in [9.17, 15) is 9.18 Å². The average molecular weight is 319 g/mol. The maximum atomic E-state index is 12.9. The number of carboxylic acids is 1. The summed E-state index contributed by atoms with van der Waals surface area (Å²) in [4.78, 5) is 10.8. The molecule has 23 heavy (non-hydrogen) atoms. The molecule has 122 valence electrons. The minimum absolute atomic E-state index is 0.198. The predicted molar refractivity (Wildman–Crippen MR) is 83.0 cm³/mol. The fraction of sp³-hybridized carbons (Fsp3) is 0.235. The third kappa shape index (κ3) is 4.69. The van der Waals surface area contributed by atoms with Crippen molar-refractivity contribution in [2.24, 2.45) is 5.73 Å². The molecule has 1 unspecified atom stereocenters. The summed E-state index contributed by atoms with van der Waals surface area (Å²) < 4.78 is 23.8. The molecule has 0 saturated carbocycles. The fourth-order valence-corrected chi connectivity index (χ4v) is 2.04. The second kappa shape index (κ2) is 7.60. The second-order valence-corrected chi connectivity index (χ2v) is 5.05. The Labute approximate surface area is 133 Å². The van der Waals surface area contributed by atoms with Gasteiger partial charge in [-0.05, 0) is 41.8 Å². The topological polar surface area (TPSA) is 81.8 Å². The molecule has 0 aliphatic rings. The summed E-state index contributed by atoms with van der Waals surface area (Å²) in [7, 11) is 1.50. The van der Waals surface area contributed by atoms with Gasteiger partial charge < -0.3 is 20.3 Å². The Balaban J connectivity index is 2.07. The zero-order valence-corrected chi connectivity index (χ0v) is 12.7. The van der Waals surface area contributed by atoms with Gasteiger partial charge in [-0.2, -0.15) is 0 Å². The van der Waals surface area contributed by atoms with E-state index >= 15 is 0 Å². The first-order valence-corrected chi connectivity index (χ1v) is 7.02. The Morgan fingerprint density at radius 1 is 1.17 bits per heavy atom. The van der Waals surface area contributed by atoms with Crippen LogP contribution in [0.15, 0.2) is 42.5 Å². The number of halogens is 1. The van der Waals surface area contributed by atoms with Crippen molar-refractivity contribution in [2.75, 3.05) is 7.11 Å². The summed E-state index contributed by atoms with van der Waals surface area (Å²) in [6.07, 6.45) is 0.198. The van der Waals surface area contributed by atoms with Crippen molar-refractivity contribution in [3.05, 3.63) is 59.4 Å². The van der Waals surface area contributed by atoms with E-state index in [1.165, 1.54) is 19.2 Å². The number of methoxy groups -OCH3 is 1. The van der Waals surface area contributed by atoms with Crippen LogP contribution in [0.5, 0.6) is 11.5 Å². The van der Waals surface area contributed by atoms with Crippen LogP contribution in [0.1, 0.15) is 11.1 Å². The molecule has 0 amide bonds. The van der Waals surface area contributed by atoms with Crippen LogP contribution in [0.3, 0.4) is 0 Å². The lowest BCUT2D eigenvalue weighted by Crippen LogP contribution is -2.32. The van der Waals surface area contributed by atoms with E-state index in [0.717, 1.165) is 11.1 Å². The molecule has 0 radical (unpaired) electrons. The van der Waals surface area contributed by atoms with Crippen LogP contribution < -0.4 is 15.2 Å². The van der Waals surface area contributed by atoms with Crippen molar-refractivity contribution in [3.63, 3.8) is 0 Å². The molecule has 0 fully saturated rings. The molecule has 5 nitrogen and oxygen atoms in total. The lowest BCUT2D eigenvalue weighted by Gasteiger charge is -2.13. The number of benzene rings is 2. The van der Waals surface area contributed by atoms with E-state index in [2.05, 4.69) is 0 Å². The molecule has 0 aliphatic heterocycles. The molecule has 0 aromatic heterocycles. The number of aliphatic carboxylic acids is 1. The highest BCUT2D eigenvalue weighted by atomic mass is 19.1. The summed E-state index contributed by atoms with van der Waals surface area (Å²) in [5.41, 5.74) is 7.09. The van der Waals surface area contributed by atoms with Gasteiger partial charge in [0, 0.05) is 0 Å². The summed E-state index contributed by atoms with van der Waals surface area (Å²) in [5, 5.41) is 8.85. The lowest BCUT2D eigenvalue weighted by molar-refractivity contribution is -0.138. The van der Waals surface area contributed by atoms with Crippen LogP contribution >= 0.6 is 0 Å². The van der Waals surface area contributed by atoms with Crippen molar-refractivity contribution in [1.82, 2.24) is 0 Å². The lowest BCUT2D eigenvalue weighted by atomic mass is 10.1. The van der Waals surface area contributed by atoms with Gasteiger partial charge in [-0.3, -0.25) is 4.79 Å². The van der Waals surface area contributed by atoms with E-state index in [1.54, 1.807) is 30.3 Å². The van der Waals surface area contributed by atoms with Crippen molar-refractivity contribution < 1.29 is 23.8 Å². The van der Waals surface area contributed by atoms with Gasteiger partial charge >= 0.3 is 5.97 Å². The van der Waals surface area contributed by atoms with E-state index in [1.807, 2.05) is 0 Å². The molecule has 0 aliphatic carbocycles. The SMILES string of the molecule is COc1cc(CC(N)C(=O)O)ccc1OCc1ccc(F)cc1. The van der Waals surface area contributed by atoms with E-state index in [4.69, 9.17) is 20.3 Å². The third-order valence-corrected chi connectivity index (χ3v) is 3.31. The normalized spacial score (nSPS) is 11.8. The average Bonchev–Trinajstić information content (AvgIpc) is 2.54. The number of carboxylic acid groups (broad SMARTS) is 1. The molecule has 2 aromatic rings. The molecule has 0 bridgehead atoms. The minimum Gasteiger partial charge on any atom is -0.493 e. The van der Waals surface area contributed by atoms with E-state index in [0.29, 0.717) is 11.5 Å². The molecule has 2 rings (SSSR count). The third-order valence-electron chi connectivity index (χ3n) is 3.31. The summed E-state index contributed by atoms with van der Waals surface area (Å²) >= 11 is 0. The number of rotatable bonds is 7. The van der Waals surface area contributed by atoms with Gasteiger partial charge in [0.05, 0.1) is 7.11 Å². The molecule has 0 heterocycles. The molecule has 3 N–H and O–H groups in total. The van der Waals surface area contributed by atoms with Crippen LogP contribution in [-0.4, -0.2) is 24.2 Å². The fourth-order valence-electron chi connectivity index (χ4n) is 2.04. The van der Waals surface area contributed by atoms with Crippen LogP contribution in [0.4, 0.5) is 4.39 Å². The standard InChI is InChI=1S/C17H18FNO4/c1-22-16-9-12(8-14(19)17(20)21)4-7-15(16)23-10-11-2-5-13(18)6-3-11/h2-7,9,14H,8,10,19H2,1H3,(H,20,21). The van der Waals surface area contributed by atoms with Crippen molar-refractivity contribution in [2.45, 2.75) is 19.1 Å². The minimum atomic E-state index is -1.05. The van der Waals surface area contributed by atoms with Crippen molar-refractivity contribution in [3.8, 4) is 11.5 Å². The Hall–Kier alpha value is -2.60. The zero-order valence-electron chi connectivity index (χ0n) is 12.7. The van der Waals surface area contributed by atoms with Gasteiger partial charge in [0.1, 0.15) is 18.5 Å². The smallest absolute Gasteiger partial charge is 0.320 e. The van der Waals surface area contributed by atoms with E-state index in [-0.39, 0.29) is 18.8 Å². The Morgan fingerprint density at radius 2 is 1.83 bits per heavy atom. The monoisotopic (exact) mass is 319 g/mol.